The minimum atomic E-state index is -4.76. The first-order valence-corrected chi connectivity index (χ1v) is 14.5. The van der Waals surface area contributed by atoms with Gasteiger partial charge in [-0.3, -0.25) is 9.10 Å². The second-order valence-electron chi connectivity index (χ2n) is 9.50. The summed E-state index contributed by atoms with van der Waals surface area (Å²) in [6.07, 6.45) is -2.41. The second kappa shape index (κ2) is 11.8. The van der Waals surface area contributed by atoms with Crippen molar-refractivity contribution < 1.29 is 31.2 Å². The van der Waals surface area contributed by atoms with Crippen molar-refractivity contribution in [1.29, 1.82) is 0 Å². The molecule has 2 aromatic rings. The summed E-state index contributed by atoms with van der Waals surface area (Å²) in [7, 11) is -4.52. The number of amides is 3. The summed E-state index contributed by atoms with van der Waals surface area (Å²) in [6, 6.07) is 7.20. The lowest BCUT2D eigenvalue weighted by Gasteiger charge is -2.36. The van der Waals surface area contributed by atoms with Crippen LogP contribution >= 0.6 is 23.2 Å². The summed E-state index contributed by atoms with van der Waals surface area (Å²) in [5, 5.41) is 2.86. The molecule has 2 saturated heterocycles. The van der Waals surface area contributed by atoms with E-state index in [-0.39, 0.29) is 33.4 Å². The van der Waals surface area contributed by atoms with Crippen LogP contribution in [0.15, 0.2) is 47.4 Å². The van der Waals surface area contributed by atoms with Crippen LogP contribution in [-0.4, -0.2) is 69.4 Å². The third-order valence-electron chi connectivity index (χ3n) is 6.78. The topological polar surface area (TPSA) is 90.0 Å². The molecule has 2 aliphatic heterocycles. The zero-order valence-corrected chi connectivity index (χ0v) is 23.1. The molecule has 1 atom stereocenters. The number of urea groups is 1. The maximum absolute atomic E-state index is 13.6. The predicted octanol–water partition coefficient (Wildman–Crippen LogP) is 4.86. The Bertz CT molecular complexity index is 1320. The molecule has 14 heteroatoms. The molecular weight excluding hydrogens is 580 g/mol. The van der Waals surface area contributed by atoms with Crippen molar-refractivity contribution in [3.63, 3.8) is 0 Å². The van der Waals surface area contributed by atoms with Gasteiger partial charge in [0.15, 0.2) is 0 Å². The Kier molecular flexibility index (Phi) is 8.87. The van der Waals surface area contributed by atoms with Crippen molar-refractivity contribution in [2.75, 3.05) is 43.6 Å². The number of nitrogens with zero attached hydrogens (tertiary/aromatic N) is 3. The lowest BCUT2D eigenvalue weighted by atomic mass is 9.98. The molecule has 2 aliphatic rings. The average molecular weight is 607 g/mol. The number of carbonyl (C=O) groups excluding carboxylic acids is 2. The van der Waals surface area contributed by atoms with Crippen LogP contribution in [0.2, 0.25) is 10.0 Å². The fraction of sp³-hybridized carbons (Fsp3) is 0.440. The van der Waals surface area contributed by atoms with Crippen molar-refractivity contribution in [3.8, 4) is 0 Å². The number of carbonyl (C=O) groups is 2. The largest absolute Gasteiger partial charge is 0.416 e. The van der Waals surface area contributed by atoms with E-state index >= 15 is 0 Å². The van der Waals surface area contributed by atoms with Crippen LogP contribution in [0.25, 0.3) is 0 Å². The van der Waals surface area contributed by atoms with Crippen LogP contribution in [0.1, 0.15) is 24.8 Å². The molecule has 0 aliphatic carbocycles. The van der Waals surface area contributed by atoms with Gasteiger partial charge in [-0.2, -0.15) is 13.2 Å². The summed E-state index contributed by atoms with van der Waals surface area (Å²) in [5.74, 6) is -0.647. The highest BCUT2D eigenvalue weighted by Gasteiger charge is 2.36. The van der Waals surface area contributed by atoms with E-state index in [9.17, 15) is 31.2 Å². The second-order valence-corrected chi connectivity index (χ2v) is 12.2. The number of rotatable bonds is 7. The van der Waals surface area contributed by atoms with Gasteiger partial charge in [-0.05, 0) is 67.6 Å². The van der Waals surface area contributed by atoms with Gasteiger partial charge in [0, 0.05) is 37.7 Å². The molecule has 0 radical (unpaired) electrons. The molecule has 3 amide bonds. The SMILES string of the molecule is O=C(CN(c1cc(C(F)(F)F)ccc1Cl)S(=O)(=O)c1ccc(Cl)cc1)N1CCCC(CNC(=O)N2CCC2)C1. The average Bonchev–Trinajstić information content (AvgIpc) is 2.85. The van der Waals surface area contributed by atoms with Gasteiger partial charge < -0.3 is 15.1 Å². The first-order valence-electron chi connectivity index (χ1n) is 12.3. The molecule has 0 bridgehead atoms. The number of anilines is 1. The van der Waals surface area contributed by atoms with E-state index in [2.05, 4.69) is 5.32 Å². The van der Waals surface area contributed by atoms with Gasteiger partial charge in [-0.1, -0.05) is 23.2 Å². The summed E-state index contributed by atoms with van der Waals surface area (Å²) >= 11 is 12.1. The molecule has 8 nitrogen and oxygen atoms in total. The van der Waals surface area contributed by atoms with Gasteiger partial charge in [0.1, 0.15) is 6.54 Å². The van der Waals surface area contributed by atoms with Gasteiger partial charge in [-0.25, -0.2) is 13.2 Å². The molecule has 2 heterocycles. The quantitative estimate of drug-likeness (QED) is 0.487. The van der Waals surface area contributed by atoms with Crippen LogP contribution < -0.4 is 9.62 Å². The van der Waals surface area contributed by atoms with E-state index in [0.717, 1.165) is 25.0 Å². The highest BCUT2D eigenvalue weighted by Crippen LogP contribution is 2.37. The number of nitrogens with one attached hydrogen (secondary N) is 1. The van der Waals surface area contributed by atoms with Crippen molar-refractivity contribution in [3.05, 3.63) is 58.1 Å². The molecule has 39 heavy (non-hydrogen) atoms. The number of halogens is 5. The van der Waals surface area contributed by atoms with E-state index in [1.807, 2.05) is 0 Å². The minimum Gasteiger partial charge on any atom is -0.341 e. The maximum atomic E-state index is 13.6. The molecule has 0 saturated carbocycles. The highest BCUT2D eigenvalue weighted by molar-refractivity contribution is 7.92. The molecule has 1 N–H and O–H groups in total. The Labute approximate surface area is 234 Å². The van der Waals surface area contributed by atoms with Crippen LogP contribution in [0, 0.1) is 5.92 Å². The number of alkyl halides is 3. The standard InChI is InChI=1S/C25H27Cl2F3N4O4S/c26-19-5-7-20(8-6-19)39(37,38)34(22-13-18(25(28,29)30)4-9-21(22)27)16-23(35)33-10-1-3-17(15-33)14-31-24(36)32-11-2-12-32/h4-9,13,17H,1-3,10-12,14-16H2,(H,31,36). The van der Waals surface area contributed by atoms with Crippen LogP contribution in [0.3, 0.4) is 0 Å². The van der Waals surface area contributed by atoms with Crippen molar-refractivity contribution in [2.45, 2.75) is 30.3 Å². The normalized spacial score (nSPS) is 17.9. The van der Waals surface area contributed by atoms with E-state index in [0.29, 0.717) is 43.0 Å². The Morgan fingerprint density at radius 3 is 2.28 bits per heavy atom. The van der Waals surface area contributed by atoms with Gasteiger partial charge in [-0.15, -0.1) is 0 Å². The summed E-state index contributed by atoms with van der Waals surface area (Å²) < 4.78 is 68.4. The number of benzene rings is 2. The van der Waals surface area contributed by atoms with Crippen LogP contribution in [0.4, 0.5) is 23.7 Å². The third kappa shape index (κ3) is 6.90. The number of sulfonamides is 1. The molecule has 2 aromatic carbocycles. The van der Waals surface area contributed by atoms with Gasteiger partial charge in [0.05, 0.1) is 21.2 Å². The molecule has 212 valence electrons. The summed E-state index contributed by atoms with van der Waals surface area (Å²) in [6.45, 7) is 1.61. The number of piperidine rings is 1. The zero-order valence-electron chi connectivity index (χ0n) is 20.8. The molecule has 2 fully saturated rings. The fourth-order valence-electron chi connectivity index (χ4n) is 4.46. The fourth-order valence-corrected chi connectivity index (χ4v) is 6.28. The molecule has 4 rings (SSSR count). The Morgan fingerprint density at radius 2 is 1.67 bits per heavy atom. The number of likely N-dealkylation sites (tertiary alicyclic amines) is 2. The lowest BCUT2D eigenvalue weighted by molar-refractivity contribution is -0.137. The smallest absolute Gasteiger partial charge is 0.341 e. The Hall–Kier alpha value is -2.70. The van der Waals surface area contributed by atoms with E-state index in [1.165, 1.54) is 29.2 Å². The van der Waals surface area contributed by atoms with Crippen LogP contribution in [-0.2, 0) is 21.0 Å². The van der Waals surface area contributed by atoms with E-state index in [4.69, 9.17) is 23.2 Å². The van der Waals surface area contributed by atoms with Gasteiger partial charge in [0.2, 0.25) is 5.91 Å². The first kappa shape index (κ1) is 29.3. The van der Waals surface area contributed by atoms with Gasteiger partial charge >= 0.3 is 12.2 Å². The monoisotopic (exact) mass is 606 g/mol. The molecular formula is C25H27Cl2F3N4O4S. The Morgan fingerprint density at radius 1 is 1.00 bits per heavy atom. The minimum absolute atomic E-state index is 0.0496. The van der Waals surface area contributed by atoms with Crippen molar-refractivity contribution in [2.24, 2.45) is 5.92 Å². The van der Waals surface area contributed by atoms with E-state index in [1.54, 1.807) is 4.90 Å². The summed E-state index contributed by atoms with van der Waals surface area (Å²) in [4.78, 5) is 28.4. The first-order chi connectivity index (χ1) is 18.4. The lowest BCUT2D eigenvalue weighted by Crippen LogP contribution is -2.51. The summed E-state index contributed by atoms with van der Waals surface area (Å²) in [5.41, 5.74) is -1.58. The molecule has 1 unspecified atom stereocenters. The predicted molar refractivity (Wildman–Crippen MR) is 141 cm³/mol. The van der Waals surface area contributed by atoms with Crippen LogP contribution in [0.5, 0.6) is 0 Å². The van der Waals surface area contributed by atoms with Crippen molar-refractivity contribution in [1.82, 2.24) is 15.1 Å². The van der Waals surface area contributed by atoms with E-state index < -0.39 is 39.9 Å². The number of hydrogen-bond acceptors (Lipinski definition) is 4. The Balaban J connectivity index is 1.58. The van der Waals surface area contributed by atoms with Crippen molar-refractivity contribution >= 4 is 50.9 Å². The molecule has 0 spiro atoms. The number of hydrogen-bond donors (Lipinski definition) is 1. The van der Waals surface area contributed by atoms with Gasteiger partial charge in [0.25, 0.3) is 10.0 Å². The third-order valence-corrected chi connectivity index (χ3v) is 9.13. The molecule has 0 aromatic heterocycles. The highest BCUT2D eigenvalue weighted by atomic mass is 35.5. The zero-order chi connectivity index (χ0) is 28.4. The maximum Gasteiger partial charge on any atom is 0.416 e.